The van der Waals surface area contributed by atoms with Crippen molar-refractivity contribution in [3.8, 4) is 0 Å². The van der Waals surface area contributed by atoms with E-state index in [1.54, 1.807) is 0 Å². The zero-order valence-electron chi connectivity index (χ0n) is 6.53. The van der Waals surface area contributed by atoms with Crippen molar-refractivity contribution in [2.45, 2.75) is 12.8 Å². The van der Waals surface area contributed by atoms with Gasteiger partial charge in [-0.05, 0) is 34.0 Å². The Morgan fingerprint density at radius 2 is 2.15 bits per heavy atom. The first-order chi connectivity index (χ1) is 6.11. The van der Waals surface area contributed by atoms with Crippen LogP contribution in [0.15, 0.2) is 10.5 Å². The van der Waals surface area contributed by atoms with E-state index in [9.17, 15) is 9.18 Å². The Labute approximate surface area is 88.0 Å². The van der Waals surface area contributed by atoms with Gasteiger partial charge >= 0.3 is 0 Å². The van der Waals surface area contributed by atoms with Crippen LogP contribution >= 0.6 is 27.5 Å². The molecule has 1 aromatic carbocycles. The number of hydrogen-bond acceptors (Lipinski definition) is 1. The van der Waals surface area contributed by atoms with Crippen molar-refractivity contribution < 1.29 is 9.18 Å². The second-order valence-corrected chi connectivity index (χ2v) is 4.19. The second kappa shape index (κ2) is 3.07. The molecule has 0 atom stereocenters. The van der Waals surface area contributed by atoms with E-state index in [-0.39, 0.29) is 15.8 Å². The van der Waals surface area contributed by atoms with Gasteiger partial charge < -0.3 is 0 Å². The molecule has 0 unspecified atom stereocenters. The third-order valence-corrected chi connectivity index (χ3v) is 3.07. The standard InChI is InChI=1S/C9H5BrClFO/c10-5-3-6(11)4-1-2-7(13)8(4)9(5)12/h3H,1-2H2. The molecule has 0 aromatic heterocycles. The Kier molecular flexibility index (Phi) is 2.16. The summed E-state index contributed by atoms with van der Waals surface area (Å²) in [6, 6.07) is 1.49. The summed E-state index contributed by atoms with van der Waals surface area (Å²) in [5.41, 5.74) is 0.812. The fourth-order valence-electron chi connectivity index (χ4n) is 1.53. The van der Waals surface area contributed by atoms with Gasteiger partial charge in [-0.15, -0.1) is 0 Å². The van der Waals surface area contributed by atoms with Crippen molar-refractivity contribution in [3.63, 3.8) is 0 Å². The Hall–Kier alpha value is -0.410. The monoisotopic (exact) mass is 262 g/mol. The van der Waals surface area contributed by atoms with E-state index >= 15 is 0 Å². The molecule has 0 fully saturated rings. The molecule has 0 saturated carbocycles. The molecule has 0 saturated heterocycles. The summed E-state index contributed by atoms with van der Waals surface area (Å²) < 4.78 is 13.7. The van der Waals surface area contributed by atoms with Crippen LogP contribution in [0, 0.1) is 5.82 Å². The molecule has 1 aromatic rings. The SMILES string of the molecule is O=C1CCc2c(Cl)cc(Br)c(F)c21. The minimum absolute atomic E-state index is 0.157. The highest BCUT2D eigenvalue weighted by Gasteiger charge is 2.27. The van der Waals surface area contributed by atoms with Crippen LogP contribution in [-0.2, 0) is 6.42 Å². The van der Waals surface area contributed by atoms with Gasteiger partial charge in [-0.2, -0.15) is 0 Å². The first-order valence-electron chi connectivity index (χ1n) is 3.81. The fourth-order valence-corrected chi connectivity index (χ4v) is 2.39. The van der Waals surface area contributed by atoms with Crippen molar-refractivity contribution in [1.82, 2.24) is 0 Å². The molecule has 0 N–H and O–H groups in total. The molecule has 4 heteroatoms. The second-order valence-electron chi connectivity index (χ2n) is 2.93. The molecular weight excluding hydrogens is 258 g/mol. The number of benzene rings is 1. The Balaban J connectivity index is 2.77. The van der Waals surface area contributed by atoms with Gasteiger partial charge in [0.25, 0.3) is 0 Å². The number of hydrogen-bond donors (Lipinski definition) is 0. The molecule has 1 nitrogen and oxygen atoms in total. The zero-order valence-corrected chi connectivity index (χ0v) is 8.88. The van der Waals surface area contributed by atoms with E-state index in [2.05, 4.69) is 15.9 Å². The summed E-state index contributed by atoms with van der Waals surface area (Å²) >= 11 is 8.88. The van der Waals surface area contributed by atoms with Crippen LogP contribution in [0.25, 0.3) is 0 Å². The maximum atomic E-state index is 13.4. The van der Waals surface area contributed by atoms with E-state index in [0.717, 1.165) is 0 Å². The molecule has 0 spiro atoms. The van der Waals surface area contributed by atoms with Crippen LogP contribution in [0.4, 0.5) is 4.39 Å². The highest BCUT2D eigenvalue weighted by Crippen LogP contribution is 2.34. The number of rotatable bonds is 0. The first kappa shape index (κ1) is 9.16. The van der Waals surface area contributed by atoms with Crippen LogP contribution in [0.3, 0.4) is 0 Å². The molecule has 2 rings (SSSR count). The van der Waals surface area contributed by atoms with Crippen LogP contribution in [0.5, 0.6) is 0 Å². The number of fused-ring (bicyclic) bond motifs is 1. The lowest BCUT2D eigenvalue weighted by atomic mass is 10.1. The van der Waals surface area contributed by atoms with E-state index < -0.39 is 5.82 Å². The normalized spacial score (nSPS) is 14.8. The third kappa shape index (κ3) is 1.30. The number of halogens is 3. The molecule has 0 radical (unpaired) electrons. The van der Waals surface area contributed by atoms with Crippen molar-refractivity contribution >= 4 is 33.3 Å². The van der Waals surface area contributed by atoms with Crippen LogP contribution in [0.1, 0.15) is 22.3 Å². The van der Waals surface area contributed by atoms with Crippen molar-refractivity contribution in [1.29, 1.82) is 0 Å². The average Bonchev–Trinajstić information content (AvgIpc) is 2.44. The van der Waals surface area contributed by atoms with Gasteiger partial charge in [0.1, 0.15) is 5.82 Å². The van der Waals surface area contributed by atoms with Crippen LogP contribution in [0.2, 0.25) is 5.02 Å². The highest BCUT2D eigenvalue weighted by molar-refractivity contribution is 9.10. The lowest BCUT2D eigenvalue weighted by Gasteiger charge is -2.03. The minimum atomic E-state index is -0.484. The molecule has 1 aliphatic carbocycles. The molecule has 13 heavy (non-hydrogen) atoms. The lowest BCUT2D eigenvalue weighted by molar-refractivity contribution is 0.0991. The molecule has 0 aliphatic heterocycles. The van der Waals surface area contributed by atoms with E-state index in [1.807, 2.05) is 0 Å². The van der Waals surface area contributed by atoms with E-state index in [4.69, 9.17) is 11.6 Å². The van der Waals surface area contributed by atoms with Gasteiger partial charge in [0.2, 0.25) is 0 Å². The average molecular weight is 263 g/mol. The number of ketones is 1. The predicted octanol–water partition coefficient (Wildman–Crippen LogP) is 3.37. The Morgan fingerprint density at radius 3 is 2.85 bits per heavy atom. The van der Waals surface area contributed by atoms with Gasteiger partial charge in [0.05, 0.1) is 10.0 Å². The molecule has 68 valence electrons. The quantitative estimate of drug-likeness (QED) is 0.656. The highest BCUT2D eigenvalue weighted by atomic mass is 79.9. The topological polar surface area (TPSA) is 17.1 Å². The maximum Gasteiger partial charge on any atom is 0.166 e. The van der Waals surface area contributed by atoms with Crippen molar-refractivity contribution in [2.75, 3.05) is 0 Å². The maximum absolute atomic E-state index is 13.4. The molecule has 1 aliphatic rings. The number of Topliss-reactive ketones (excluding diaryl/α,β-unsaturated/α-hetero) is 1. The van der Waals surface area contributed by atoms with Gasteiger partial charge in [0.15, 0.2) is 5.78 Å². The molecule has 0 heterocycles. The summed E-state index contributed by atoms with van der Waals surface area (Å²) in [5, 5.41) is 0.467. The largest absolute Gasteiger partial charge is 0.294 e. The van der Waals surface area contributed by atoms with Gasteiger partial charge in [0, 0.05) is 11.4 Å². The van der Waals surface area contributed by atoms with Gasteiger partial charge in [-0.25, -0.2) is 4.39 Å². The Bertz CT molecular complexity index is 403. The summed E-state index contributed by atoms with van der Waals surface area (Å²) in [5.74, 6) is -0.641. The van der Waals surface area contributed by atoms with E-state index in [0.29, 0.717) is 23.4 Å². The Morgan fingerprint density at radius 1 is 1.46 bits per heavy atom. The summed E-state index contributed by atoms with van der Waals surface area (Å²) in [6.07, 6.45) is 0.916. The minimum Gasteiger partial charge on any atom is -0.294 e. The first-order valence-corrected chi connectivity index (χ1v) is 4.98. The van der Waals surface area contributed by atoms with Crippen LogP contribution < -0.4 is 0 Å². The van der Waals surface area contributed by atoms with Crippen LogP contribution in [-0.4, -0.2) is 5.78 Å². The summed E-state index contributed by atoms with van der Waals surface area (Å²) in [4.78, 5) is 11.3. The third-order valence-electron chi connectivity index (χ3n) is 2.15. The van der Waals surface area contributed by atoms with Gasteiger partial charge in [-0.3, -0.25) is 4.79 Å². The van der Waals surface area contributed by atoms with Crippen molar-refractivity contribution in [2.24, 2.45) is 0 Å². The number of carbonyl (C=O) groups excluding carboxylic acids is 1. The van der Waals surface area contributed by atoms with Gasteiger partial charge in [-0.1, -0.05) is 11.6 Å². The van der Waals surface area contributed by atoms with Crippen molar-refractivity contribution in [3.05, 3.63) is 32.5 Å². The molecule has 0 bridgehead atoms. The number of carbonyl (C=O) groups is 1. The smallest absolute Gasteiger partial charge is 0.166 e. The zero-order chi connectivity index (χ0) is 9.59. The predicted molar refractivity (Wildman–Crippen MR) is 51.8 cm³/mol. The fraction of sp³-hybridized carbons (Fsp3) is 0.222. The molecule has 0 amide bonds. The summed E-state index contributed by atoms with van der Waals surface area (Å²) in [6.45, 7) is 0. The lowest BCUT2D eigenvalue weighted by Crippen LogP contribution is -1.97. The summed E-state index contributed by atoms with van der Waals surface area (Å²) in [7, 11) is 0. The van der Waals surface area contributed by atoms with E-state index in [1.165, 1.54) is 6.07 Å². The molecular formula is C9H5BrClFO.